The summed E-state index contributed by atoms with van der Waals surface area (Å²) in [5.41, 5.74) is 2.30. The summed E-state index contributed by atoms with van der Waals surface area (Å²) < 4.78 is 59.8. The van der Waals surface area contributed by atoms with E-state index in [2.05, 4.69) is 10.0 Å². The van der Waals surface area contributed by atoms with Crippen molar-refractivity contribution in [3.63, 3.8) is 0 Å². The quantitative estimate of drug-likeness (QED) is 0.438. The number of halogens is 2. The van der Waals surface area contributed by atoms with E-state index >= 15 is 0 Å². The molecule has 0 spiro atoms. The van der Waals surface area contributed by atoms with Gasteiger partial charge < -0.3 is 15.2 Å². The van der Waals surface area contributed by atoms with E-state index in [1.807, 2.05) is 12.1 Å². The van der Waals surface area contributed by atoms with Crippen molar-refractivity contribution in [2.45, 2.75) is 44.1 Å². The topological polar surface area (TPSA) is 105 Å². The SMILES string of the molecule is O=C(O)NC1CCc2ccc(OCCNS(=O)(=O)CC3CC3)cc2C1Cc1cc(F)cc(F)c1. The Morgan fingerprint density at radius 3 is 2.50 bits per heavy atom. The van der Waals surface area contributed by atoms with Crippen LogP contribution in [0.4, 0.5) is 13.6 Å². The van der Waals surface area contributed by atoms with Gasteiger partial charge in [-0.05, 0) is 79.0 Å². The molecule has 0 radical (unpaired) electrons. The second kappa shape index (κ2) is 10.3. The lowest BCUT2D eigenvalue weighted by Gasteiger charge is -2.34. The van der Waals surface area contributed by atoms with E-state index in [0.29, 0.717) is 24.2 Å². The summed E-state index contributed by atoms with van der Waals surface area (Å²) in [6.07, 6.45) is 2.20. The molecule has 0 saturated heterocycles. The molecular weight excluding hydrogens is 466 g/mol. The van der Waals surface area contributed by atoms with Crippen LogP contribution in [-0.2, 0) is 22.9 Å². The highest BCUT2D eigenvalue weighted by Crippen LogP contribution is 2.37. The number of carbonyl (C=O) groups is 1. The lowest BCUT2D eigenvalue weighted by Crippen LogP contribution is -2.42. The number of carboxylic acid groups (broad SMARTS) is 1. The van der Waals surface area contributed by atoms with Gasteiger partial charge >= 0.3 is 6.09 Å². The van der Waals surface area contributed by atoms with Crippen molar-refractivity contribution in [1.82, 2.24) is 10.0 Å². The molecule has 7 nitrogen and oxygen atoms in total. The molecular formula is C24H28F2N2O5S. The van der Waals surface area contributed by atoms with Crippen LogP contribution in [0, 0.1) is 17.6 Å². The van der Waals surface area contributed by atoms with E-state index in [1.54, 1.807) is 6.07 Å². The number of hydrogen-bond acceptors (Lipinski definition) is 4. The first-order valence-corrected chi connectivity index (χ1v) is 13.0. The molecule has 0 aliphatic heterocycles. The fourth-order valence-corrected chi connectivity index (χ4v) is 6.02. The fourth-order valence-electron chi connectivity index (χ4n) is 4.55. The predicted octanol–water partition coefficient (Wildman–Crippen LogP) is 3.58. The zero-order chi connectivity index (χ0) is 24.3. The third-order valence-corrected chi connectivity index (χ3v) is 7.81. The molecule has 2 atom stereocenters. The highest BCUT2D eigenvalue weighted by atomic mass is 32.2. The Bertz CT molecular complexity index is 1130. The van der Waals surface area contributed by atoms with Gasteiger partial charge in [0.2, 0.25) is 10.0 Å². The fraction of sp³-hybridized carbons (Fsp3) is 0.458. The van der Waals surface area contributed by atoms with E-state index in [9.17, 15) is 27.1 Å². The highest BCUT2D eigenvalue weighted by molar-refractivity contribution is 7.89. The summed E-state index contributed by atoms with van der Waals surface area (Å²) in [6, 6.07) is 8.38. The van der Waals surface area contributed by atoms with Gasteiger partial charge in [-0.25, -0.2) is 26.7 Å². The Kier molecular flexibility index (Phi) is 7.37. The number of fused-ring (bicyclic) bond motifs is 1. The average molecular weight is 495 g/mol. The summed E-state index contributed by atoms with van der Waals surface area (Å²) in [4.78, 5) is 11.4. The molecule has 1 fully saturated rings. The molecule has 4 rings (SSSR count). The maximum atomic E-state index is 13.8. The summed E-state index contributed by atoms with van der Waals surface area (Å²) in [6.45, 7) is 0.278. The number of rotatable bonds is 10. The van der Waals surface area contributed by atoms with Crippen molar-refractivity contribution < 1.29 is 31.8 Å². The molecule has 2 aliphatic rings. The minimum absolute atomic E-state index is 0.138. The van der Waals surface area contributed by atoms with Gasteiger partial charge in [0.15, 0.2) is 0 Å². The highest BCUT2D eigenvalue weighted by Gasteiger charge is 2.32. The molecule has 184 valence electrons. The van der Waals surface area contributed by atoms with Crippen molar-refractivity contribution in [3.05, 3.63) is 64.7 Å². The van der Waals surface area contributed by atoms with E-state index in [-0.39, 0.29) is 37.2 Å². The van der Waals surface area contributed by atoms with Gasteiger partial charge in [-0.2, -0.15) is 0 Å². The van der Waals surface area contributed by atoms with Crippen molar-refractivity contribution in [2.75, 3.05) is 18.9 Å². The summed E-state index contributed by atoms with van der Waals surface area (Å²) in [7, 11) is -3.31. The van der Waals surface area contributed by atoms with Gasteiger partial charge in [0.25, 0.3) is 0 Å². The number of ether oxygens (including phenoxy) is 1. The maximum absolute atomic E-state index is 13.8. The maximum Gasteiger partial charge on any atom is 0.404 e. The van der Waals surface area contributed by atoms with Crippen LogP contribution in [0.5, 0.6) is 5.75 Å². The third-order valence-electron chi connectivity index (χ3n) is 6.26. The lowest BCUT2D eigenvalue weighted by molar-refractivity contribution is 0.185. The number of aryl methyl sites for hydroxylation is 1. The average Bonchev–Trinajstić information content (AvgIpc) is 3.55. The zero-order valence-electron chi connectivity index (χ0n) is 18.6. The van der Waals surface area contributed by atoms with Crippen LogP contribution in [0.1, 0.15) is 41.9 Å². The van der Waals surface area contributed by atoms with E-state index < -0.39 is 33.8 Å². The Morgan fingerprint density at radius 2 is 1.82 bits per heavy atom. The van der Waals surface area contributed by atoms with Crippen LogP contribution in [0.3, 0.4) is 0 Å². The third kappa shape index (κ3) is 6.66. The van der Waals surface area contributed by atoms with E-state index in [4.69, 9.17) is 4.74 Å². The first-order chi connectivity index (χ1) is 16.2. The zero-order valence-corrected chi connectivity index (χ0v) is 19.4. The predicted molar refractivity (Wildman–Crippen MR) is 123 cm³/mol. The van der Waals surface area contributed by atoms with Crippen LogP contribution in [-0.4, -0.2) is 44.6 Å². The first kappa shape index (κ1) is 24.4. The Morgan fingerprint density at radius 1 is 1.09 bits per heavy atom. The van der Waals surface area contributed by atoms with Gasteiger partial charge in [0.05, 0.1) is 5.75 Å². The molecule has 3 N–H and O–H groups in total. The van der Waals surface area contributed by atoms with Gasteiger partial charge in [-0.1, -0.05) is 6.07 Å². The Labute approximate surface area is 197 Å². The van der Waals surface area contributed by atoms with Crippen molar-refractivity contribution in [1.29, 1.82) is 0 Å². The lowest BCUT2D eigenvalue weighted by atomic mass is 9.76. The molecule has 1 saturated carbocycles. The second-order valence-corrected chi connectivity index (χ2v) is 10.9. The van der Waals surface area contributed by atoms with Gasteiger partial charge in [0, 0.05) is 24.6 Å². The molecule has 0 heterocycles. The number of sulfonamides is 1. The Hall–Kier alpha value is -2.72. The molecule has 1 amide bonds. The molecule has 2 aromatic carbocycles. The van der Waals surface area contributed by atoms with E-state index in [1.165, 1.54) is 12.1 Å². The summed E-state index contributed by atoms with van der Waals surface area (Å²) in [5.74, 6) is -0.792. The molecule has 0 bridgehead atoms. The van der Waals surface area contributed by atoms with Gasteiger partial charge in [-0.15, -0.1) is 0 Å². The summed E-state index contributed by atoms with van der Waals surface area (Å²) >= 11 is 0. The molecule has 34 heavy (non-hydrogen) atoms. The Balaban J connectivity index is 1.48. The minimum Gasteiger partial charge on any atom is -0.492 e. The van der Waals surface area contributed by atoms with Crippen LogP contribution >= 0.6 is 0 Å². The van der Waals surface area contributed by atoms with Crippen LogP contribution in [0.25, 0.3) is 0 Å². The number of nitrogens with one attached hydrogen (secondary N) is 2. The van der Waals surface area contributed by atoms with E-state index in [0.717, 1.165) is 30.0 Å². The molecule has 2 unspecified atom stereocenters. The number of amides is 1. The smallest absolute Gasteiger partial charge is 0.404 e. The number of benzene rings is 2. The van der Waals surface area contributed by atoms with Crippen molar-refractivity contribution in [2.24, 2.45) is 5.92 Å². The van der Waals surface area contributed by atoms with Gasteiger partial charge in [0.1, 0.15) is 24.0 Å². The van der Waals surface area contributed by atoms with Crippen LogP contribution in [0.15, 0.2) is 36.4 Å². The largest absolute Gasteiger partial charge is 0.492 e. The minimum atomic E-state index is -3.31. The molecule has 2 aromatic rings. The summed E-state index contributed by atoms with van der Waals surface area (Å²) in [5, 5.41) is 11.8. The first-order valence-electron chi connectivity index (χ1n) is 11.4. The molecule has 0 aromatic heterocycles. The monoisotopic (exact) mass is 494 g/mol. The molecule has 10 heteroatoms. The van der Waals surface area contributed by atoms with Gasteiger partial charge in [-0.3, -0.25) is 0 Å². The molecule has 2 aliphatic carbocycles. The van der Waals surface area contributed by atoms with Crippen LogP contribution in [0.2, 0.25) is 0 Å². The number of hydrogen-bond donors (Lipinski definition) is 3. The van der Waals surface area contributed by atoms with Crippen molar-refractivity contribution in [3.8, 4) is 5.75 Å². The second-order valence-electron chi connectivity index (χ2n) is 9.01. The standard InChI is InChI=1S/C24H28F2N2O5S/c25-18-9-16(10-19(26)12-18)11-22-21-13-20(5-3-17(21)4-6-23(22)28-24(29)30)33-8-7-27-34(31,32)14-15-1-2-15/h3,5,9-10,12-13,15,22-23,27-28H,1-2,4,6-8,11,14H2,(H,29,30). The normalized spacial score (nSPS) is 19.9. The van der Waals surface area contributed by atoms with Crippen molar-refractivity contribution >= 4 is 16.1 Å². The van der Waals surface area contributed by atoms with Crippen LogP contribution < -0.4 is 14.8 Å².